The fraction of sp³-hybridized carbons (Fsp3) is 0.333. The fourth-order valence-corrected chi connectivity index (χ4v) is 5.10. The molecule has 1 fully saturated rings. The van der Waals surface area contributed by atoms with Gasteiger partial charge in [0, 0.05) is 30.0 Å². The Kier molecular flexibility index (Phi) is 8.44. The Morgan fingerprint density at radius 2 is 1.59 bits per heavy atom. The van der Waals surface area contributed by atoms with Gasteiger partial charge in [-0.25, -0.2) is 0 Å². The molecule has 4 rings (SSSR count). The molecular formula is C33H38N2O4. The molecule has 1 amide bonds. The first kappa shape index (κ1) is 28.0. The molecule has 6 nitrogen and oxygen atoms in total. The number of ether oxygens (including phenoxy) is 1. The summed E-state index contributed by atoms with van der Waals surface area (Å²) in [6.07, 6.45) is 0.873. The summed E-state index contributed by atoms with van der Waals surface area (Å²) in [4.78, 5) is 30.8. The van der Waals surface area contributed by atoms with Gasteiger partial charge < -0.3 is 14.7 Å². The molecule has 204 valence electrons. The Balaban J connectivity index is 1.86. The summed E-state index contributed by atoms with van der Waals surface area (Å²) in [6, 6.07) is 20.1. The highest BCUT2D eigenvalue weighted by Gasteiger charge is 2.47. The molecule has 0 saturated carbocycles. The topological polar surface area (TPSA) is 70.1 Å². The van der Waals surface area contributed by atoms with Crippen LogP contribution in [0.2, 0.25) is 0 Å². The van der Waals surface area contributed by atoms with E-state index in [1.807, 2.05) is 69.3 Å². The fourth-order valence-electron chi connectivity index (χ4n) is 5.10. The molecule has 6 heteroatoms. The van der Waals surface area contributed by atoms with Gasteiger partial charge in [0.1, 0.15) is 11.5 Å². The molecule has 1 saturated heterocycles. The summed E-state index contributed by atoms with van der Waals surface area (Å²) in [5.41, 5.74) is 4.93. The zero-order valence-corrected chi connectivity index (χ0v) is 23.7. The maximum atomic E-state index is 13.5. The van der Waals surface area contributed by atoms with Gasteiger partial charge in [-0.1, -0.05) is 31.2 Å². The number of carbonyl (C=O) groups is 2. The highest BCUT2D eigenvalue weighted by molar-refractivity contribution is 6.51. The van der Waals surface area contributed by atoms with Crippen LogP contribution < -0.4 is 14.5 Å². The van der Waals surface area contributed by atoms with Crippen LogP contribution in [0, 0.1) is 6.92 Å². The minimum Gasteiger partial charge on any atom is -0.507 e. The predicted octanol–water partition coefficient (Wildman–Crippen LogP) is 6.82. The van der Waals surface area contributed by atoms with Crippen molar-refractivity contribution in [1.82, 2.24) is 0 Å². The molecule has 0 aromatic heterocycles. The van der Waals surface area contributed by atoms with E-state index in [0.29, 0.717) is 17.0 Å². The largest absolute Gasteiger partial charge is 0.507 e. The van der Waals surface area contributed by atoms with Crippen molar-refractivity contribution < 1.29 is 19.4 Å². The smallest absolute Gasteiger partial charge is 0.300 e. The minimum atomic E-state index is -0.768. The number of aliphatic hydroxyl groups is 1. The summed E-state index contributed by atoms with van der Waals surface area (Å²) in [5.74, 6) is -0.847. The molecule has 0 aliphatic carbocycles. The molecule has 1 aliphatic heterocycles. The number of rotatable bonds is 9. The van der Waals surface area contributed by atoms with Gasteiger partial charge in [0.2, 0.25) is 0 Å². The number of ketones is 1. The summed E-state index contributed by atoms with van der Waals surface area (Å²) in [7, 11) is 0. The number of benzene rings is 3. The maximum absolute atomic E-state index is 13.5. The normalized spacial score (nSPS) is 16.7. The predicted molar refractivity (Wildman–Crippen MR) is 158 cm³/mol. The summed E-state index contributed by atoms with van der Waals surface area (Å²) < 4.78 is 5.85. The standard InChI is InChI=1S/C33H38N2O4/c1-7-23-10-15-27(16-11-23)35-30(24-12-17-26(18-13-24)34(8-2)9-3)29(32(37)33(35)38)31(36)25-14-19-28(22(6)20-25)39-21(4)5/h10-21,30,36H,7-9H2,1-6H3/b31-29-. The number of Topliss-reactive ketones (excluding diaryl/α,β-unsaturated/α-hetero) is 1. The highest BCUT2D eigenvalue weighted by atomic mass is 16.5. The molecule has 1 aliphatic rings. The molecule has 0 bridgehead atoms. The lowest BCUT2D eigenvalue weighted by atomic mass is 9.94. The van der Waals surface area contributed by atoms with Crippen LogP contribution in [0.3, 0.4) is 0 Å². The zero-order chi connectivity index (χ0) is 28.3. The first-order valence-corrected chi connectivity index (χ1v) is 13.7. The number of aryl methyl sites for hydroxylation is 2. The molecule has 1 heterocycles. The average molecular weight is 527 g/mol. The number of hydrogen-bond acceptors (Lipinski definition) is 5. The molecule has 1 unspecified atom stereocenters. The van der Waals surface area contributed by atoms with E-state index in [2.05, 4.69) is 25.7 Å². The van der Waals surface area contributed by atoms with Gasteiger partial charge >= 0.3 is 0 Å². The van der Waals surface area contributed by atoms with Crippen LogP contribution in [-0.2, 0) is 16.0 Å². The number of hydrogen-bond donors (Lipinski definition) is 1. The SMILES string of the molecule is CCc1ccc(N2C(=O)C(=O)/C(=C(\O)c3ccc(OC(C)C)c(C)c3)C2c2ccc(N(CC)CC)cc2)cc1. The Labute approximate surface area is 231 Å². The van der Waals surface area contributed by atoms with E-state index >= 15 is 0 Å². The van der Waals surface area contributed by atoms with Crippen molar-refractivity contribution >= 4 is 28.8 Å². The van der Waals surface area contributed by atoms with Crippen molar-refractivity contribution in [3.8, 4) is 5.75 Å². The van der Waals surface area contributed by atoms with E-state index in [4.69, 9.17) is 4.74 Å². The van der Waals surface area contributed by atoms with Crippen molar-refractivity contribution in [1.29, 1.82) is 0 Å². The minimum absolute atomic E-state index is 0.00637. The zero-order valence-electron chi connectivity index (χ0n) is 23.7. The van der Waals surface area contributed by atoms with Crippen molar-refractivity contribution in [2.24, 2.45) is 0 Å². The number of aliphatic hydroxyl groups excluding tert-OH is 1. The lowest BCUT2D eigenvalue weighted by Crippen LogP contribution is -2.29. The third kappa shape index (κ3) is 5.56. The maximum Gasteiger partial charge on any atom is 0.300 e. The van der Waals surface area contributed by atoms with E-state index in [-0.39, 0.29) is 17.4 Å². The molecule has 0 spiro atoms. The van der Waals surface area contributed by atoms with Crippen LogP contribution in [0.25, 0.3) is 5.76 Å². The molecule has 3 aromatic carbocycles. The molecular weight excluding hydrogens is 488 g/mol. The Bertz CT molecular complexity index is 1370. The number of amides is 1. The van der Waals surface area contributed by atoms with Crippen LogP contribution in [-0.4, -0.2) is 36.0 Å². The molecule has 0 radical (unpaired) electrons. The first-order chi connectivity index (χ1) is 18.7. The molecule has 39 heavy (non-hydrogen) atoms. The summed E-state index contributed by atoms with van der Waals surface area (Å²) in [5, 5.41) is 11.5. The number of nitrogens with zero attached hydrogens (tertiary/aromatic N) is 2. The van der Waals surface area contributed by atoms with E-state index in [1.54, 1.807) is 18.2 Å². The summed E-state index contributed by atoms with van der Waals surface area (Å²) in [6.45, 7) is 13.8. The van der Waals surface area contributed by atoms with E-state index in [0.717, 1.165) is 41.9 Å². The third-order valence-corrected chi connectivity index (χ3v) is 7.22. The van der Waals surface area contributed by atoms with Gasteiger partial charge in [-0.3, -0.25) is 14.5 Å². The van der Waals surface area contributed by atoms with Gasteiger partial charge in [-0.15, -0.1) is 0 Å². The number of anilines is 2. The number of carbonyl (C=O) groups excluding carboxylic acids is 2. The van der Waals surface area contributed by atoms with Crippen molar-refractivity contribution in [3.63, 3.8) is 0 Å². The van der Waals surface area contributed by atoms with Crippen LogP contribution in [0.5, 0.6) is 5.75 Å². The average Bonchev–Trinajstić information content (AvgIpc) is 3.20. The second kappa shape index (κ2) is 11.8. The van der Waals surface area contributed by atoms with E-state index in [1.165, 1.54) is 4.90 Å². The van der Waals surface area contributed by atoms with Gasteiger partial charge in [0.15, 0.2) is 0 Å². The summed E-state index contributed by atoms with van der Waals surface area (Å²) >= 11 is 0. The Morgan fingerprint density at radius 3 is 2.13 bits per heavy atom. The monoisotopic (exact) mass is 526 g/mol. The molecule has 1 N–H and O–H groups in total. The van der Waals surface area contributed by atoms with Crippen LogP contribution >= 0.6 is 0 Å². The lowest BCUT2D eigenvalue weighted by molar-refractivity contribution is -0.132. The molecule has 1 atom stereocenters. The first-order valence-electron chi connectivity index (χ1n) is 13.7. The quantitative estimate of drug-likeness (QED) is 0.188. The van der Waals surface area contributed by atoms with E-state index in [9.17, 15) is 14.7 Å². The highest BCUT2D eigenvalue weighted by Crippen LogP contribution is 2.43. The van der Waals surface area contributed by atoms with Gasteiger partial charge in [0.25, 0.3) is 11.7 Å². The Morgan fingerprint density at radius 1 is 0.949 bits per heavy atom. The van der Waals surface area contributed by atoms with E-state index < -0.39 is 17.7 Å². The van der Waals surface area contributed by atoms with Crippen LogP contribution in [0.1, 0.15) is 62.9 Å². The van der Waals surface area contributed by atoms with Gasteiger partial charge in [-0.05, 0) is 100 Å². The van der Waals surface area contributed by atoms with Crippen molar-refractivity contribution in [2.75, 3.05) is 22.9 Å². The van der Waals surface area contributed by atoms with Crippen molar-refractivity contribution in [3.05, 3.63) is 94.6 Å². The van der Waals surface area contributed by atoms with Gasteiger partial charge in [0.05, 0.1) is 17.7 Å². The van der Waals surface area contributed by atoms with Crippen LogP contribution in [0.15, 0.2) is 72.3 Å². The lowest BCUT2D eigenvalue weighted by Gasteiger charge is -2.27. The second-order valence-corrected chi connectivity index (χ2v) is 10.1. The molecule has 3 aromatic rings. The van der Waals surface area contributed by atoms with Crippen molar-refractivity contribution in [2.45, 2.75) is 60.1 Å². The van der Waals surface area contributed by atoms with Crippen LogP contribution in [0.4, 0.5) is 11.4 Å². The Hall–Kier alpha value is -4.06. The van der Waals surface area contributed by atoms with Gasteiger partial charge in [-0.2, -0.15) is 0 Å². The second-order valence-electron chi connectivity index (χ2n) is 10.1. The third-order valence-electron chi connectivity index (χ3n) is 7.22.